The molecule has 1 aromatic carbocycles. The predicted octanol–water partition coefficient (Wildman–Crippen LogP) is 1.97. The lowest BCUT2D eigenvalue weighted by molar-refractivity contribution is -0.107. The number of rotatable bonds is 10. The summed E-state index contributed by atoms with van der Waals surface area (Å²) in [5.41, 5.74) is 0.981. The normalized spacial score (nSPS) is 24.4. The maximum absolute atomic E-state index is 13.3. The van der Waals surface area contributed by atoms with E-state index in [2.05, 4.69) is 20.4 Å². The van der Waals surface area contributed by atoms with Crippen LogP contribution in [0.15, 0.2) is 30.5 Å². The Balaban J connectivity index is 1.56. The number of aromatic nitrogens is 4. The van der Waals surface area contributed by atoms with Crippen molar-refractivity contribution in [3.05, 3.63) is 47.1 Å². The van der Waals surface area contributed by atoms with E-state index in [1.807, 2.05) is 6.92 Å². The molecule has 3 heterocycles. The number of aliphatic hydroxyl groups excluding tert-OH is 2. The van der Waals surface area contributed by atoms with Gasteiger partial charge in [-0.1, -0.05) is 12.1 Å². The van der Waals surface area contributed by atoms with Crippen molar-refractivity contribution in [1.29, 1.82) is 0 Å². The van der Waals surface area contributed by atoms with E-state index < -0.39 is 50.7 Å². The van der Waals surface area contributed by atoms with Crippen molar-refractivity contribution in [2.45, 2.75) is 49.8 Å². The highest BCUT2D eigenvalue weighted by molar-refractivity contribution is 7.53. The highest BCUT2D eigenvalue weighted by atomic mass is 35.5. The first kappa shape index (κ1) is 28.7. The number of halogens is 2. The van der Waals surface area contributed by atoms with Crippen molar-refractivity contribution >= 4 is 36.0 Å². The van der Waals surface area contributed by atoms with Crippen molar-refractivity contribution in [3.8, 4) is 0 Å². The number of methoxy groups -OCH3 is 1. The van der Waals surface area contributed by atoms with Crippen LogP contribution in [0.4, 0.5) is 10.2 Å². The lowest BCUT2D eigenvalue weighted by Gasteiger charge is -2.31. The summed E-state index contributed by atoms with van der Waals surface area (Å²) in [7, 11) is -3.50. The molecule has 0 spiro atoms. The Bertz CT molecular complexity index is 1330. The first-order valence-electron chi connectivity index (χ1n) is 11.5. The fraction of sp³-hybridized carbons (Fsp3) is 0.500. The second kappa shape index (κ2) is 11.1. The van der Waals surface area contributed by atoms with Crippen LogP contribution in [0.25, 0.3) is 11.0 Å². The molecule has 208 valence electrons. The number of benzene rings is 1. The molecule has 16 heteroatoms. The van der Waals surface area contributed by atoms with Crippen LogP contribution in [0.2, 0.25) is 5.28 Å². The van der Waals surface area contributed by atoms with Crippen LogP contribution in [-0.4, -0.2) is 83.7 Å². The molecule has 1 aliphatic heterocycles. The zero-order valence-corrected chi connectivity index (χ0v) is 22.3. The summed E-state index contributed by atoms with van der Waals surface area (Å²) < 4.78 is 42.5. The van der Waals surface area contributed by atoms with Crippen molar-refractivity contribution in [2.24, 2.45) is 0 Å². The minimum absolute atomic E-state index is 0.127. The third-order valence-electron chi connectivity index (χ3n) is 6.31. The monoisotopic (exact) mass is 575 g/mol. The Morgan fingerprint density at radius 3 is 2.58 bits per heavy atom. The molecule has 5 N–H and O–H groups in total. The maximum Gasteiger partial charge on any atom is 0.359 e. The molecule has 0 saturated carbocycles. The highest BCUT2D eigenvalue weighted by Gasteiger charge is 2.49. The van der Waals surface area contributed by atoms with Gasteiger partial charge in [-0.05, 0) is 43.1 Å². The number of nitrogens with zero attached hydrogens (tertiary/aromatic N) is 4. The van der Waals surface area contributed by atoms with Gasteiger partial charge < -0.3 is 39.5 Å². The summed E-state index contributed by atoms with van der Waals surface area (Å²) in [5.74, 6) is -0.0336. The van der Waals surface area contributed by atoms with Gasteiger partial charge in [0.05, 0.1) is 24.8 Å². The van der Waals surface area contributed by atoms with Crippen LogP contribution in [0, 0.1) is 5.82 Å². The molecule has 0 bridgehead atoms. The number of aliphatic hydroxyl groups is 2. The second-order valence-electron chi connectivity index (χ2n) is 9.09. The van der Waals surface area contributed by atoms with Gasteiger partial charge in [0.1, 0.15) is 29.9 Å². The molecule has 1 aliphatic rings. The largest absolute Gasteiger partial charge is 0.387 e. The molecule has 13 nitrogen and oxygen atoms in total. The minimum Gasteiger partial charge on any atom is -0.387 e. The maximum atomic E-state index is 13.3. The highest BCUT2D eigenvalue weighted by Crippen LogP contribution is 2.51. The van der Waals surface area contributed by atoms with E-state index in [0.29, 0.717) is 11.2 Å². The average molecular weight is 576 g/mol. The van der Waals surface area contributed by atoms with Crippen LogP contribution < -0.4 is 5.32 Å². The van der Waals surface area contributed by atoms with Gasteiger partial charge in [-0.15, -0.1) is 0 Å². The number of ether oxygens (including phenoxy) is 3. The lowest BCUT2D eigenvalue weighted by atomic mass is 10.1. The molecule has 1 saturated heterocycles. The molecule has 0 amide bonds. The number of fused-ring (bicyclic) bond motifs is 1. The Hall–Kier alpha value is -2.26. The standard InChI is InChI=1S/C22H28ClFN5O8P/c1-11(12-4-6-13(24)7-5-12)26-18-14-8-25-29(19(14)28-21(23)27-18)20-17(31)16(30)15(37-20)9-36-22(2,10-35-3)38(32,33)34/h4-8,11,15-17,20,30-31H,9-10H2,1-3H3,(H,26,27,28)(H2,32,33,34)/t11-,15+,16+,17+,20+,22?/m0/s1. The second-order valence-corrected chi connectivity index (χ2v) is 11.5. The molecule has 1 unspecified atom stereocenters. The molecule has 3 aromatic rings. The van der Waals surface area contributed by atoms with Gasteiger partial charge in [-0.3, -0.25) is 4.57 Å². The van der Waals surface area contributed by atoms with E-state index >= 15 is 0 Å². The Morgan fingerprint density at radius 1 is 1.26 bits per heavy atom. The van der Waals surface area contributed by atoms with Gasteiger partial charge in [-0.2, -0.15) is 15.1 Å². The van der Waals surface area contributed by atoms with E-state index in [9.17, 15) is 29.0 Å². The molecule has 4 rings (SSSR count). The van der Waals surface area contributed by atoms with Crippen molar-refractivity contribution < 1.29 is 43.2 Å². The van der Waals surface area contributed by atoms with E-state index in [4.69, 9.17) is 25.8 Å². The molecule has 1 fully saturated rings. The number of hydrogen-bond donors (Lipinski definition) is 5. The van der Waals surface area contributed by atoms with Crippen LogP contribution in [-0.2, 0) is 18.8 Å². The van der Waals surface area contributed by atoms with Crippen LogP contribution in [0.1, 0.15) is 31.7 Å². The quantitative estimate of drug-likeness (QED) is 0.175. The summed E-state index contributed by atoms with van der Waals surface area (Å²) in [6, 6.07) is 5.66. The summed E-state index contributed by atoms with van der Waals surface area (Å²) in [5, 5.41) is 27.1. The molecular weight excluding hydrogens is 548 g/mol. The van der Waals surface area contributed by atoms with Gasteiger partial charge >= 0.3 is 7.60 Å². The zero-order chi connectivity index (χ0) is 27.8. The molecule has 6 atom stereocenters. The third kappa shape index (κ3) is 5.69. The Morgan fingerprint density at radius 2 is 1.95 bits per heavy atom. The van der Waals surface area contributed by atoms with E-state index in [0.717, 1.165) is 5.56 Å². The summed E-state index contributed by atoms with van der Waals surface area (Å²) in [6.45, 7) is 2.14. The van der Waals surface area contributed by atoms with E-state index in [1.54, 1.807) is 12.1 Å². The van der Waals surface area contributed by atoms with Crippen molar-refractivity contribution in [2.75, 3.05) is 25.6 Å². The predicted molar refractivity (Wildman–Crippen MR) is 133 cm³/mol. The average Bonchev–Trinajstić information content (AvgIpc) is 3.38. The molecule has 0 aliphatic carbocycles. The molecule has 0 radical (unpaired) electrons. The fourth-order valence-corrected chi connectivity index (χ4v) is 4.75. The number of hydrogen-bond acceptors (Lipinski definition) is 10. The van der Waals surface area contributed by atoms with Gasteiger partial charge in [0.25, 0.3) is 0 Å². The lowest BCUT2D eigenvalue weighted by Crippen LogP contribution is -2.40. The molecule has 2 aromatic heterocycles. The smallest absolute Gasteiger partial charge is 0.359 e. The number of anilines is 1. The van der Waals surface area contributed by atoms with E-state index in [1.165, 1.54) is 37.0 Å². The van der Waals surface area contributed by atoms with Gasteiger partial charge in [0, 0.05) is 13.2 Å². The van der Waals surface area contributed by atoms with Gasteiger partial charge in [0.15, 0.2) is 17.2 Å². The van der Waals surface area contributed by atoms with Crippen LogP contribution >= 0.6 is 19.2 Å². The zero-order valence-electron chi connectivity index (χ0n) is 20.6. The Kier molecular flexibility index (Phi) is 8.38. The van der Waals surface area contributed by atoms with Crippen molar-refractivity contribution in [3.63, 3.8) is 0 Å². The fourth-order valence-electron chi connectivity index (χ4n) is 4.04. The number of nitrogens with one attached hydrogen (secondary N) is 1. The van der Waals surface area contributed by atoms with Gasteiger partial charge in [0.2, 0.25) is 5.28 Å². The third-order valence-corrected chi connectivity index (χ3v) is 7.97. The van der Waals surface area contributed by atoms with Crippen LogP contribution in [0.3, 0.4) is 0 Å². The van der Waals surface area contributed by atoms with E-state index in [-0.39, 0.29) is 22.8 Å². The first-order valence-corrected chi connectivity index (χ1v) is 13.5. The van der Waals surface area contributed by atoms with Crippen LogP contribution in [0.5, 0.6) is 0 Å². The topological polar surface area (TPSA) is 181 Å². The minimum atomic E-state index is -4.76. The molecular formula is C22H28ClFN5O8P. The van der Waals surface area contributed by atoms with Gasteiger partial charge in [-0.25, -0.2) is 9.07 Å². The van der Waals surface area contributed by atoms with Crippen molar-refractivity contribution in [1.82, 2.24) is 19.7 Å². The SMILES string of the molecule is COCC(C)(OC[C@H]1O[C@@H](n2ncc3c(N[C@@H](C)c4ccc(F)cc4)nc(Cl)nc32)[C@H](O)[C@@H]1O)P(=O)(O)O. The first-order chi connectivity index (χ1) is 17.8. The molecule has 38 heavy (non-hydrogen) atoms. The Labute approximate surface area is 221 Å². The summed E-state index contributed by atoms with van der Waals surface area (Å²) in [4.78, 5) is 27.8. The summed E-state index contributed by atoms with van der Waals surface area (Å²) in [6.07, 6.45) is -3.92. The summed E-state index contributed by atoms with van der Waals surface area (Å²) >= 11 is 6.16.